The molecule has 0 saturated carbocycles. The second-order valence-corrected chi connectivity index (χ2v) is 5.15. The number of nitrogen functional groups attached to an aromatic ring is 1. The molecule has 0 aromatic heterocycles. The van der Waals surface area contributed by atoms with Crippen molar-refractivity contribution < 1.29 is 18.7 Å². The van der Waals surface area contributed by atoms with Gasteiger partial charge in [-0.25, -0.2) is 9.18 Å². The number of nitrogens with two attached hydrogens (primary N) is 1. The van der Waals surface area contributed by atoms with Gasteiger partial charge in [-0.2, -0.15) is 0 Å². The molecule has 0 aliphatic heterocycles. The standard InChI is InChI=1S/C16H14ClFN2O3/c17-11-3-1-10(2-4-11)8-20-15(21)9-23-16(22)13-6-5-12(18)7-14(13)19/h1-7H,8-9,19H2,(H,20,21). The van der Waals surface area contributed by atoms with Crippen molar-refractivity contribution in [2.24, 2.45) is 0 Å². The Morgan fingerprint density at radius 3 is 2.52 bits per heavy atom. The fourth-order valence-electron chi connectivity index (χ4n) is 1.78. The molecule has 120 valence electrons. The fourth-order valence-corrected chi connectivity index (χ4v) is 1.91. The normalized spacial score (nSPS) is 10.2. The van der Waals surface area contributed by atoms with E-state index in [1.165, 1.54) is 6.07 Å². The van der Waals surface area contributed by atoms with Crippen LogP contribution < -0.4 is 11.1 Å². The van der Waals surface area contributed by atoms with Gasteiger partial charge in [-0.15, -0.1) is 0 Å². The molecule has 2 aromatic rings. The largest absolute Gasteiger partial charge is 0.452 e. The molecule has 2 aromatic carbocycles. The zero-order chi connectivity index (χ0) is 16.8. The third-order valence-corrected chi connectivity index (χ3v) is 3.22. The van der Waals surface area contributed by atoms with Crippen LogP contribution in [0.1, 0.15) is 15.9 Å². The van der Waals surface area contributed by atoms with E-state index in [0.717, 1.165) is 17.7 Å². The topological polar surface area (TPSA) is 81.4 Å². The summed E-state index contributed by atoms with van der Waals surface area (Å²) in [6, 6.07) is 10.3. The number of halogens is 2. The number of amides is 1. The first kappa shape index (κ1) is 16.8. The van der Waals surface area contributed by atoms with Gasteiger partial charge in [0.15, 0.2) is 6.61 Å². The summed E-state index contributed by atoms with van der Waals surface area (Å²) in [5, 5.41) is 3.20. The minimum atomic E-state index is -0.788. The number of carbonyl (C=O) groups is 2. The molecule has 0 bridgehead atoms. The molecule has 0 fully saturated rings. The number of nitrogens with one attached hydrogen (secondary N) is 1. The van der Waals surface area contributed by atoms with Gasteiger partial charge in [-0.1, -0.05) is 23.7 Å². The van der Waals surface area contributed by atoms with E-state index in [4.69, 9.17) is 22.1 Å². The second-order valence-electron chi connectivity index (χ2n) is 4.71. The Morgan fingerprint density at radius 2 is 1.87 bits per heavy atom. The van der Waals surface area contributed by atoms with Crippen molar-refractivity contribution in [2.45, 2.75) is 6.54 Å². The molecule has 3 N–H and O–H groups in total. The Kier molecular flexibility index (Phi) is 5.54. The first-order valence-corrected chi connectivity index (χ1v) is 7.07. The molecule has 0 aliphatic carbocycles. The maximum Gasteiger partial charge on any atom is 0.340 e. The summed E-state index contributed by atoms with van der Waals surface area (Å²) in [6.45, 7) is -0.171. The van der Waals surface area contributed by atoms with Gasteiger partial charge in [-0.3, -0.25) is 4.79 Å². The van der Waals surface area contributed by atoms with Gasteiger partial charge in [-0.05, 0) is 35.9 Å². The predicted molar refractivity (Wildman–Crippen MR) is 84.4 cm³/mol. The highest BCUT2D eigenvalue weighted by atomic mass is 35.5. The van der Waals surface area contributed by atoms with Crippen LogP contribution in [-0.2, 0) is 16.1 Å². The lowest BCUT2D eigenvalue weighted by molar-refractivity contribution is -0.124. The monoisotopic (exact) mass is 336 g/mol. The SMILES string of the molecule is Nc1cc(F)ccc1C(=O)OCC(=O)NCc1ccc(Cl)cc1. The maximum absolute atomic E-state index is 12.9. The average Bonchev–Trinajstić information content (AvgIpc) is 2.52. The van der Waals surface area contributed by atoms with E-state index in [9.17, 15) is 14.0 Å². The highest BCUT2D eigenvalue weighted by molar-refractivity contribution is 6.30. The van der Waals surface area contributed by atoms with Crippen molar-refractivity contribution in [1.29, 1.82) is 0 Å². The lowest BCUT2D eigenvalue weighted by atomic mass is 10.2. The van der Waals surface area contributed by atoms with Crippen LogP contribution in [0.4, 0.5) is 10.1 Å². The first-order valence-electron chi connectivity index (χ1n) is 6.69. The Hall–Kier alpha value is -2.60. The molecule has 0 spiro atoms. The quantitative estimate of drug-likeness (QED) is 0.649. The van der Waals surface area contributed by atoms with Gasteiger partial charge in [0.05, 0.1) is 5.56 Å². The minimum Gasteiger partial charge on any atom is -0.452 e. The molecule has 1 amide bonds. The van der Waals surface area contributed by atoms with Gasteiger partial charge >= 0.3 is 5.97 Å². The third-order valence-electron chi connectivity index (χ3n) is 2.97. The summed E-state index contributed by atoms with van der Waals surface area (Å²) in [5.74, 6) is -1.81. The molecule has 0 atom stereocenters. The van der Waals surface area contributed by atoms with Gasteiger partial charge in [0.25, 0.3) is 5.91 Å². The number of esters is 1. The van der Waals surface area contributed by atoms with E-state index in [1.54, 1.807) is 24.3 Å². The van der Waals surface area contributed by atoms with E-state index in [2.05, 4.69) is 5.32 Å². The molecule has 0 radical (unpaired) electrons. The fraction of sp³-hybridized carbons (Fsp3) is 0.125. The number of ether oxygens (including phenoxy) is 1. The van der Waals surface area contributed by atoms with Crippen molar-refractivity contribution >= 4 is 29.2 Å². The van der Waals surface area contributed by atoms with Gasteiger partial charge in [0.1, 0.15) is 5.82 Å². The highest BCUT2D eigenvalue weighted by Crippen LogP contribution is 2.14. The Morgan fingerprint density at radius 1 is 1.17 bits per heavy atom. The summed E-state index contributed by atoms with van der Waals surface area (Å²) in [7, 11) is 0. The summed E-state index contributed by atoms with van der Waals surface area (Å²) < 4.78 is 17.8. The minimum absolute atomic E-state index is 0.0110. The van der Waals surface area contributed by atoms with Gasteiger partial charge < -0.3 is 15.8 Å². The summed E-state index contributed by atoms with van der Waals surface area (Å²) in [6.07, 6.45) is 0. The zero-order valence-corrected chi connectivity index (χ0v) is 12.8. The Labute approximate surface area is 137 Å². The van der Waals surface area contributed by atoms with Crippen LogP contribution >= 0.6 is 11.6 Å². The number of anilines is 1. The van der Waals surface area contributed by atoms with Crippen LogP contribution in [0.25, 0.3) is 0 Å². The van der Waals surface area contributed by atoms with Gasteiger partial charge in [0.2, 0.25) is 0 Å². The van der Waals surface area contributed by atoms with Crippen LogP contribution in [0.3, 0.4) is 0 Å². The maximum atomic E-state index is 12.9. The molecule has 5 nitrogen and oxygen atoms in total. The third kappa shape index (κ3) is 4.96. The molecular formula is C16H14ClFN2O3. The zero-order valence-electron chi connectivity index (χ0n) is 12.0. The van der Waals surface area contributed by atoms with E-state index in [1.807, 2.05) is 0 Å². The summed E-state index contributed by atoms with van der Waals surface area (Å²) in [5.41, 5.74) is 6.35. The van der Waals surface area contributed by atoms with Crippen LogP contribution in [0, 0.1) is 5.82 Å². The lowest BCUT2D eigenvalue weighted by Gasteiger charge is -2.08. The van der Waals surface area contributed by atoms with Crippen LogP contribution in [0.2, 0.25) is 5.02 Å². The molecule has 7 heteroatoms. The van der Waals surface area contributed by atoms with Crippen molar-refractivity contribution in [1.82, 2.24) is 5.32 Å². The second kappa shape index (κ2) is 7.60. The van der Waals surface area contributed by atoms with Crippen molar-refractivity contribution in [3.05, 3.63) is 64.4 Å². The molecule has 0 heterocycles. The van der Waals surface area contributed by atoms with E-state index < -0.39 is 24.3 Å². The molecule has 0 unspecified atom stereocenters. The van der Waals surface area contributed by atoms with E-state index >= 15 is 0 Å². The summed E-state index contributed by atoms with van der Waals surface area (Å²) in [4.78, 5) is 23.4. The Balaban J connectivity index is 1.81. The van der Waals surface area contributed by atoms with Crippen LogP contribution in [-0.4, -0.2) is 18.5 Å². The smallest absolute Gasteiger partial charge is 0.340 e. The molecule has 2 rings (SSSR count). The summed E-state index contributed by atoms with van der Waals surface area (Å²) >= 11 is 5.76. The van der Waals surface area contributed by atoms with Gasteiger partial charge in [0, 0.05) is 17.3 Å². The van der Waals surface area contributed by atoms with E-state index in [0.29, 0.717) is 5.02 Å². The first-order chi connectivity index (χ1) is 11.0. The Bertz CT molecular complexity index is 720. The van der Waals surface area contributed by atoms with Crippen molar-refractivity contribution in [3.8, 4) is 0 Å². The predicted octanol–water partition coefficient (Wildman–Crippen LogP) is 2.53. The van der Waals surface area contributed by atoms with Crippen LogP contribution in [0.15, 0.2) is 42.5 Å². The number of carbonyl (C=O) groups excluding carboxylic acids is 2. The number of hydrogen-bond donors (Lipinski definition) is 2. The molecule has 0 aliphatic rings. The molecular weight excluding hydrogens is 323 g/mol. The van der Waals surface area contributed by atoms with E-state index in [-0.39, 0.29) is 17.8 Å². The number of benzene rings is 2. The average molecular weight is 337 g/mol. The molecule has 23 heavy (non-hydrogen) atoms. The number of rotatable bonds is 5. The van der Waals surface area contributed by atoms with Crippen molar-refractivity contribution in [2.75, 3.05) is 12.3 Å². The highest BCUT2D eigenvalue weighted by Gasteiger charge is 2.13. The van der Waals surface area contributed by atoms with Crippen LogP contribution in [0.5, 0.6) is 0 Å². The lowest BCUT2D eigenvalue weighted by Crippen LogP contribution is -2.28. The molecule has 0 saturated heterocycles. The van der Waals surface area contributed by atoms with Crippen molar-refractivity contribution in [3.63, 3.8) is 0 Å². The number of hydrogen-bond acceptors (Lipinski definition) is 4.